The predicted molar refractivity (Wildman–Crippen MR) is 171 cm³/mol. The van der Waals surface area contributed by atoms with Crippen LogP contribution in [0, 0.1) is 0 Å². The fourth-order valence-corrected chi connectivity index (χ4v) is 4.10. The van der Waals surface area contributed by atoms with Crippen molar-refractivity contribution < 1.29 is 47.7 Å². The first kappa shape index (κ1) is 41.2. The van der Waals surface area contributed by atoms with Crippen LogP contribution in [0.15, 0.2) is 52.3 Å². The minimum absolute atomic E-state index is 0.0462. The molecule has 0 bridgehead atoms. The van der Waals surface area contributed by atoms with Crippen molar-refractivity contribution in [3.63, 3.8) is 0 Å². The van der Waals surface area contributed by atoms with Gasteiger partial charge in [0.15, 0.2) is 12.0 Å². The fourth-order valence-electron chi connectivity index (χ4n) is 4.10. The maximum atomic E-state index is 13.3. The molecule has 1 atom stereocenters. The number of nitrogens with zero attached hydrogens (tertiary/aromatic N) is 3. The standard InChI is InChI=1S/C32H45N3O13/c1-5-25(36)23-29(40)48-24(4)35-31(42)33(16-21-44-18-12-8-9-13-19-45-26(37)6-2)30(41)34(32(35)43)17-22-47-28(39)15-11-10-14-20-46-27(38)7-3/h5-7,24H,1-3,8-23H2,4H3. The first-order valence-electron chi connectivity index (χ1n) is 15.6. The van der Waals surface area contributed by atoms with Gasteiger partial charge in [0.25, 0.3) is 0 Å². The summed E-state index contributed by atoms with van der Waals surface area (Å²) in [4.78, 5) is 97.7. The zero-order valence-electron chi connectivity index (χ0n) is 27.4. The lowest BCUT2D eigenvalue weighted by atomic mass is 10.2. The molecule has 1 unspecified atom stereocenters. The van der Waals surface area contributed by atoms with Gasteiger partial charge in [0.05, 0.1) is 32.9 Å². The highest BCUT2D eigenvalue weighted by atomic mass is 16.6. The Hall–Kier alpha value is -4.86. The molecule has 0 spiro atoms. The van der Waals surface area contributed by atoms with Crippen LogP contribution in [0.3, 0.4) is 0 Å². The number of esters is 4. The van der Waals surface area contributed by atoms with Crippen molar-refractivity contribution in [3.8, 4) is 0 Å². The van der Waals surface area contributed by atoms with Crippen LogP contribution < -0.4 is 17.1 Å². The quantitative estimate of drug-likeness (QED) is 0.0450. The summed E-state index contributed by atoms with van der Waals surface area (Å²) >= 11 is 0. The second-order valence-corrected chi connectivity index (χ2v) is 10.3. The smallest absolute Gasteiger partial charge is 0.339 e. The summed E-state index contributed by atoms with van der Waals surface area (Å²) in [6.07, 6.45) is 5.43. The molecule has 0 aliphatic heterocycles. The summed E-state index contributed by atoms with van der Waals surface area (Å²) < 4.78 is 27.6. The van der Waals surface area contributed by atoms with Gasteiger partial charge in [-0.05, 0) is 51.5 Å². The largest absolute Gasteiger partial charge is 0.464 e. The van der Waals surface area contributed by atoms with Crippen molar-refractivity contribution >= 4 is 29.7 Å². The van der Waals surface area contributed by atoms with E-state index in [1.165, 1.54) is 6.92 Å². The van der Waals surface area contributed by atoms with Crippen LogP contribution in [-0.2, 0) is 60.7 Å². The Kier molecular flexibility index (Phi) is 20.1. The van der Waals surface area contributed by atoms with Crippen LogP contribution in [0.1, 0.15) is 70.9 Å². The SMILES string of the molecule is C=CC(=O)CC(=O)OC(C)n1c(=O)n(CCOCCCCCCOC(=O)C=C)c(=O)n(CCOC(=O)CCCCCOC(=O)C=C)c1=O. The molecule has 0 fully saturated rings. The molecular weight excluding hydrogens is 634 g/mol. The number of carbonyl (C=O) groups is 5. The molecule has 1 heterocycles. The molecule has 0 saturated heterocycles. The lowest BCUT2D eigenvalue weighted by Gasteiger charge is -2.19. The Bertz CT molecular complexity index is 1450. The molecule has 266 valence electrons. The number of hydrogen-bond acceptors (Lipinski definition) is 13. The van der Waals surface area contributed by atoms with E-state index in [0.29, 0.717) is 47.8 Å². The van der Waals surface area contributed by atoms with Crippen LogP contribution in [0.25, 0.3) is 0 Å². The molecule has 0 radical (unpaired) electrons. The number of aromatic nitrogens is 3. The molecule has 16 heteroatoms. The van der Waals surface area contributed by atoms with E-state index in [4.69, 9.17) is 23.7 Å². The highest BCUT2D eigenvalue weighted by Gasteiger charge is 2.23. The normalized spacial score (nSPS) is 11.2. The Morgan fingerprint density at radius 1 is 0.625 bits per heavy atom. The maximum absolute atomic E-state index is 13.3. The van der Waals surface area contributed by atoms with Crippen molar-refractivity contribution in [1.29, 1.82) is 0 Å². The summed E-state index contributed by atoms with van der Waals surface area (Å²) in [6.45, 7) is 10.8. The molecule has 0 aromatic carbocycles. The van der Waals surface area contributed by atoms with E-state index in [9.17, 15) is 38.4 Å². The molecule has 48 heavy (non-hydrogen) atoms. The van der Waals surface area contributed by atoms with E-state index >= 15 is 0 Å². The van der Waals surface area contributed by atoms with E-state index in [2.05, 4.69) is 19.7 Å². The highest BCUT2D eigenvalue weighted by molar-refractivity contribution is 6.01. The number of allylic oxidation sites excluding steroid dienone is 1. The number of carbonyl (C=O) groups excluding carboxylic acids is 5. The Morgan fingerprint density at radius 3 is 1.69 bits per heavy atom. The van der Waals surface area contributed by atoms with Crippen LogP contribution in [0.2, 0.25) is 0 Å². The summed E-state index contributed by atoms with van der Waals surface area (Å²) in [5.74, 6) is -3.25. The lowest BCUT2D eigenvalue weighted by molar-refractivity contribution is -0.154. The first-order chi connectivity index (χ1) is 23.0. The van der Waals surface area contributed by atoms with E-state index < -0.39 is 65.9 Å². The van der Waals surface area contributed by atoms with Gasteiger partial charge in [-0.25, -0.2) is 37.7 Å². The molecule has 0 N–H and O–H groups in total. The zero-order chi connectivity index (χ0) is 35.9. The highest BCUT2D eigenvalue weighted by Crippen LogP contribution is 2.05. The Labute approximate surface area is 277 Å². The number of ether oxygens (including phenoxy) is 5. The topological polar surface area (TPSA) is 197 Å². The summed E-state index contributed by atoms with van der Waals surface area (Å²) in [5.41, 5.74) is -3.16. The van der Waals surface area contributed by atoms with Gasteiger partial charge in [0, 0.05) is 25.2 Å². The molecule has 1 aromatic rings. The van der Waals surface area contributed by atoms with Gasteiger partial charge in [-0.2, -0.15) is 0 Å². The van der Waals surface area contributed by atoms with Gasteiger partial charge in [0.2, 0.25) is 0 Å². The number of rotatable bonds is 26. The van der Waals surface area contributed by atoms with Crippen molar-refractivity contribution in [2.24, 2.45) is 0 Å². The maximum Gasteiger partial charge on any atom is 0.339 e. The van der Waals surface area contributed by atoms with Crippen molar-refractivity contribution in [2.45, 2.75) is 84.0 Å². The summed E-state index contributed by atoms with van der Waals surface area (Å²) in [7, 11) is 0. The predicted octanol–water partition coefficient (Wildman–Crippen LogP) is 1.52. The molecule has 1 aromatic heterocycles. The van der Waals surface area contributed by atoms with Crippen LogP contribution in [0.4, 0.5) is 0 Å². The van der Waals surface area contributed by atoms with E-state index in [1.807, 2.05) is 0 Å². The summed E-state index contributed by atoms with van der Waals surface area (Å²) in [6, 6.07) is 0. The lowest BCUT2D eigenvalue weighted by Crippen LogP contribution is -2.56. The van der Waals surface area contributed by atoms with Crippen LogP contribution in [-0.4, -0.2) is 76.4 Å². The van der Waals surface area contributed by atoms with Crippen molar-refractivity contribution in [3.05, 3.63) is 69.4 Å². The number of hydrogen-bond donors (Lipinski definition) is 0. The molecule has 0 saturated carbocycles. The molecule has 0 amide bonds. The van der Waals surface area contributed by atoms with Gasteiger partial charge >= 0.3 is 40.9 Å². The van der Waals surface area contributed by atoms with Gasteiger partial charge in [0.1, 0.15) is 13.0 Å². The fraction of sp³-hybridized carbons (Fsp3) is 0.562. The third-order valence-electron chi connectivity index (χ3n) is 6.62. The van der Waals surface area contributed by atoms with E-state index in [1.54, 1.807) is 0 Å². The third-order valence-corrected chi connectivity index (χ3v) is 6.62. The molecule has 16 nitrogen and oxygen atoms in total. The zero-order valence-corrected chi connectivity index (χ0v) is 27.4. The Balaban J connectivity index is 2.88. The van der Waals surface area contributed by atoms with Gasteiger partial charge in [-0.1, -0.05) is 26.2 Å². The average Bonchev–Trinajstić information content (AvgIpc) is 3.05. The second-order valence-electron chi connectivity index (χ2n) is 10.3. The molecular formula is C32H45N3O13. The first-order valence-corrected chi connectivity index (χ1v) is 15.6. The van der Waals surface area contributed by atoms with Crippen molar-refractivity contribution in [1.82, 2.24) is 13.7 Å². The minimum atomic E-state index is -1.49. The monoisotopic (exact) mass is 679 g/mol. The molecule has 1 rings (SSSR count). The molecule has 0 aliphatic rings. The van der Waals surface area contributed by atoms with Crippen molar-refractivity contribution in [2.75, 3.05) is 33.0 Å². The van der Waals surface area contributed by atoms with Crippen LogP contribution in [0.5, 0.6) is 0 Å². The number of unbranched alkanes of at least 4 members (excludes halogenated alkanes) is 5. The Morgan fingerprint density at radius 2 is 1.15 bits per heavy atom. The van der Waals surface area contributed by atoms with Crippen LogP contribution >= 0.6 is 0 Å². The third kappa shape index (κ3) is 15.6. The molecule has 0 aliphatic carbocycles. The average molecular weight is 680 g/mol. The van der Waals surface area contributed by atoms with E-state index in [-0.39, 0.29) is 39.4 Å². The second kappa shape index (κ2) is 23.5. The van der Waals surface area contributed by atoms with Gasteiger partial charge in [-0.15, -0.1) is 0 Å². The minimum Gasteiger partial charge on any atom is -0.464 e. The number of ketones is 1. The van der Waals surface area contributed by atoms with E-state index in [0.717, 1.165) is 35.6 Å². The van der Waals surface area contributed by atoms with Gasteiger partial charge < -0.3 is 23.7 Å². The van der Waals surface area contributed by atoms with Gasteiger partial charge in [-0.3, -0.25) is 14.4 Å². The summed E-state index contributed by atoms with van der Waals surface area (Å²) in [5, 5.41) is 0.